The minimum absolute atomic E-state index is 0.498. The Morgan fingerprint density at radius 2 is 2.23 bits per heavy atom. The molecule has 1 aliphatic rings. The molecule has 1 nitrogen and oxygen atoms in total. The number of benzene rings is 1. The second-order valence-electron chi connectivity index (χ2n) is 3.62. The SMILES string of the molecule is CC(C)C1NSc2ccc(Br)cc21. The number of nitrogens with one attached hydrogen (secondary N) is 1. The van der Waals surface area contributed by atoms with E-state index < -0.39 is 0 Å². The molecule has 1 N–H and O–H groups in total. The molecule has 70 valence electrons. The lowest BCUT2D eigenvalue weighted by atomic mass is 9.97. The van der Waals surface area contributed by atoms with E-state index in [0.29, 0.717) is 12.0 Å². The molecule has 0 bridgehead atoms. The second-order valence-corrected chi connectivity index (χ2v) is 5.42. The molecule has 1 heterocycles. The fourth-order valence-electron chi connectivity index (χ4n) is 1.54. The van der Waals surface area contributed by atoms with Gasteiger partial charge in [-0.3, -0.25) is 4.72 Å². The van der Waals surface area contributed by atoms with Crippen LogP contribution < -0.4 is 4.72 Å². The zero-order chi connectivity index (χ0) is 9.42. The molecule has 0 aliphatic carbocycles. The van der Waals surface area contributed by atoms with Crippen LogP contribution in [0.4, 0.5) is 0 Å². The molecule has 0 radical (unpaired) electrons. The second kappa shape index (κ2) is 3.64. The molecule has 13 heavy (non-hydrogen) atoms. The third kappa shape index (κ3) is 1.78. The molecule has 0 fully saturated rings. The Bertz CT molecular complexity index is 325. The summed E-state index contributed by atoms with van der Waals surface area (Å²) in [6.45, 7) is 4.49. The van der Waals surface area contributed by atoms with E-state index in [2.05, 4.69) is 52.7 Å². The van der Waals surface area contributed by atoms with Crippen molar-refractivity contribution >= 4 is 27.9 Å². The normalized spacial score (nSPS) is 20.8. The predicted molar refractivity (Wildman–Crippen MR) is 60.7 cm³/mol. The van der Waals surface area contributed by atoms with E-state index in [4.69, 9.17) is 0 Å². The molecule has 1 unspecified atom stereocenters. The average molecular weight is 258 g/mol. The number of hydrogen-bond donors (Lipinski definition) is 1. The Labute approximate surface area is 91.6 Å². The Kier molecular flexibility index (Phi) is 2.67. The summed E-state index contributed by atoms with van der Waals surface area (Å²) in [6.07, 6.45) is 0. The molecule has 2 rings (SSSR count). The fraction of sp³-hybridized carbons (Fsp3) is 0.400. The van der Waals surface area contributed by atoms with Crippen LogP contribution in [0, 0.1) is 5.92 Å². The number of hydrogen-bond acceptors (Lipinski definition) is 2. The minimum atomic E-state index is 0.498. The Morgan fingerprint density at radius 3 is 2.92 bits per heavy atom. The molecule has 1 atom stereocenters. The van der Waals surface area contributed by atoms with Gasteiger partial charge in [-0.05, 0) is 41.6 Å². The third-order valence-electron chi connectivity index (χ3n) is 2.27. The van der Waals surface area contributed by atoms with Crippen LogP contribution in [0.5, 0.6) is 0 Å². The Hall–Kier alpha value is 0.01000. The zero-order valence-electron chi connectivity index (χ0n) is 7.67. The van der Waals surface area contributed by atoms with Crippen LogP contribution in [0.15, 0.2) is 27.6 Å². The zero-order valence-corrected chi connectivity index (χ0v) is 10.1. The van der Waals surface area contributed by atoms with Crippen molar-refractivity contribution in [3.8, 4) is 0 Å². The molecule has 1 aliphatic heterocycles. The van der Waals surface area contributed by atoms with Gasteiger partial charge in [0.15, 0.2) is 0 Å². The van der Waals surface area contributed by atoms with Crippen LogP contribution in [0.2, 0.25) is 0 Å². The maximum atomic E-state index is 3.50. The van der Waals surface area contributed by atoms with Crippen molar-refractivity contribution < 1.29 is 0 Å². The van der Waals surface area contributed by atoms with E-state index >= 15 is 0 Å². The highest BCUT2D eigenvalue weighted by Gasteiger charge is 2.25. The van der Waals surface area contributed by atoms with Gasteiger partial charge in [0.2, 0.25) is 0 Å². The summed E-state index contributed by atoms with van der Waals surface area (Å²) in [4.78, 5) is 1.36. The van der Waals surface area contributed by atoms with Crippen molar-refractivity contribution in [1.29, 1.82) is 0 Å². The van der Waals surface area contributed by atoms with Gasteiger partial charge in [0.25, 0.3) is 0 Å². The highest BCUT2D eigenvalue weighted by molar-refractivity contribution is 9.10. The molecule has 0 saturated carbocycles. The fourth-order valence-corrected chi connectivity index (χ4v) is 3.01. The topological polar surface area (TPSA) is 12.0 Å². The standard InChI is InChI=1S/C10H12BrNS/c1-6(2)10-8-5-7(11)3-4-9(8)13-12-10/h3-6,10,12H,1-2H3. The summed E-state index contributed by atoms with van der Waals surface area (Å²) in [7, 11) is 0. The molecule has 0 spiro atoms. The molecule has 0 saturated heterocycles. The quantitative estimate of drug-likeness (QED) is 0.770. The molecular weight excluding hydrogens is 246 g/mol. The van der Waals surface area contributed by atoms with Crippen LogP contribution >= 0.6 is 27.9 Å². The smallest absolute Gasteiger partial charge is 0.0459 e. The first-order valence-electron chi connectivity index (χ1n) is 4.40. The van der Waals surface area contributed by atoms with Crippen LogP contribution in [-0.4, -0.2) is 0 Å². The number of fused-ring (bicyclic) bond motifs is 1. The summed E-state index contributed by atoms with van der Waals surface area (Å²) in [5.41, 5.74) is 1.43. The van der Waals surface area contributed by atoms with Crippen LogP contribution in [0.25, 0.3) is 0 Å². The lowest BCUT2D eigenvalue weighted by Gasteiger charge is -2.14. The van der Waals surface area contributed by atoms with E-state index in [0.717, 1.165) is 0 Å². The first-order valence-corrected chi connectivity index (χ1v) is 6.01. The van der Waals surface area contributed by atoms with Gasteiger partial charge in [-0.2, -0.15) is 0 Å². The first kappa shape index (κ1) is 9.56. The molecule has 1 aromatic carbocycles. The lowest BCUT2D eigenvalue weighted by Crippen LogP contribution is -2.14. The van der Waals surface area contributed by atoms with Gasteiger partial charge in [-0.15, -0.1) is 0 Å². The van der Waals surface area contributed by atoms with Gasteiger partial charge < -0.3 is 0 Å². The average Bonchev–Trinajstić information content (AvgIpc) is 2.46. The molecule has 1 aromatic rings. The maximum Gasteiger partial charge on any atom is 0.0459 e. The van der Waals surface area contributed by atoms with Crippen molar-refractivity contribution in [3.05, 3.63) is 28.2 Å². The van der Waals surface area contributed by atoms with Gasteiger partial charge in [-0.1, -0.05) is 29.8 Å². The highest BCUT2D eigenvalue weighted by Crippen LogP contribution is 2.39. The van der Waals surface area contributed by atoms with Gasteiger partial charge in [0.05, 0.1) is 0 Å². The summed E-state index contributed by atoms with van der Waals surface area (Å²) in [5.74, 6) is 0.642. The van der Waals surface area contributed by atoms with E-state index in [1.54, 1.807) is 11.9 Å². The predicted octanol–water partition coefficient (Wildman–Crippen LogP) is 3.76. The van der Waals surface area contributed by atoms with Gasteiger partial charge in [-0.25, -0.2) is 0 Å². The van der Waals surface area contributed by atoms with Crippen molar-refractivity contribution in [2.75, 3.05) is 0 Å². The van der Waals surface area contributed by atoms with E-state index in [1.165, 1.54) is 14.9 Å². The van der Waals surface area contributed by atoms with Crippen molar-refractivity contribution in [2.45, 2.75) is 24.8 Å². The molecule has 3 heteroatoms. The molecule has 0 aromatic heterocycles. The highest BCUT2D eigenvalue weighted by atomic mass is 79.9. The summed E-state index contributed by atoms with van der Waals surface area (Å²) in [5, 5.41) is 0. The number of halogens is 1. The lowest BCUT2D eigenvalue weighted by molar-refractivity contribution is 0.491. The largest absolute Gasteiger partial charge is 0.252 e. The Balaban J connectivity index is 2.40. The van der Waals surface area contributed by atoms with E-state index in [-0.39, 0.29) is 0 Å². The summed E-state index contributed by atoms with van der Waals surface area (Å²) in [6, 6.07) is 6.97. The van der Waals surface area contributed by atoms with Crippen molar-refractivity contribution in [2.24, 2.45) is 5.92 Å². The monoisotopic (exact) mass is 257 g/mol. The first-order chi connectivity index (χ1) is 6.18. The van der Waals surface area contributed by atoms with E-state index in [1.807, 2.05) is 0 Å². The van der Waals surface area contributed by atoms with Crippen molar-refractivity contribution in [1.82, 2.24) is 4.72 Å². The molecular formula is C10H12BrNS. The minimum Gasteiger partial charge on any atom is -0.252 e. The van der Waals surface area contributed by atoms with Crippen LogP contribution in [0.3, 0.4) is 0 Å². The summed E-state index contributed by atoms with van der Waals surface area (Å²) < 4.78 is 4.61. The van der Waals surface area contributed by atoms with Crippen LogP contribution in [0.1, 0.15) is 25.5 Å². The van der Waals surface area contributed by atoms with Crippen molar-refractivity contribution in [3.63, 3.8) is 0 Å². The molecule has 0 amide bonds. The third-order valence-corrected chi connectivity index (χ3v) is 3.73. The Morgan fingerprint density at radius 1 is 1.46 bits per heavy atom. The summed E-state index contributed by atoms with van der Waals surface area (Å²) >= 11 is 5.25. The van der Waals surface area contributed by atoms with Crippen LogP contribution in [-0.2, 0) is 0 Å². The number of rotatable bonds is 1. The van der Waals surface area contributed by atoms with E-state index in [9.17, 15) is 0 Å². The van der Waals surface area contributed by atoms with Gasteiger partial charge in [0, 0.05) is 15.4 Å². The van der Waals surface area contributed by atoms with Gasteiger partial charge >= 0.3 is 0 Å². The maximum absolute atomic E-state index is 3.50. The van der Waals surface area contributed by atoms with Gasteiger partial charge in [0.1, 0.15) is 0 Å².